The Morgan fingerprint density at radius 2 is 2.33 bits per heavy atom. The van der Waals surface area contributed by atoms with Crippen molar-refractivity contribution >= 4 is 16.5 Å². The van der Waals surface area contributed by atoms with Crippen LogP contribution >= 0.6 is 0 Å². The molecule has 6 heteroatoms. The zero-order valence-electron chi connectivity index (χ0n) is 9.58. The lowest BCUT2D eigenvalue weighted by molar-refractivity contribution is -0.385. The molecule has 0 unspecified atom stereocenters. The van der Waals surface area contributed by atoms with Crippen LogP contribution in [0, 0.1) is 21.4 Å². The molecular weight excluding hydrogens is 234 g/mol. The molecule has 0 aliphatic carbocycles. The summed E-state index contributed by atoms with van der Waals surface area (Å²) in [6.07, 6.45) is 1.68. The van der Waals surface area contributed by atoms with Gasteiger partial charge < -0.3 is 4.74 Å². The summed E-state index contributed by atoms with van der Waals surface area (Å²) in [4.78, 5) is 14.5. The molecule has 0 aliphatic heterocycles. The van der Waals surface area contributed by atoms with Gasteiger partial charge in [-0.1, -0.05) is 0 Å². The molecule has 0 saturated carbocycles. The second kappa shape index (κ2) is 4.67. The molecule has 18 heavy (non-hydrogen) atoms. The predicted octanol–water partition coefficient (Wildman–Crippen LogP) is 2.22. The number of nitriles is 1. The maximum atomic E-state index is 10.9. The number of ether oxygens (including phenoxy) is 1. The minimum Gasteiger partial charge on any atom is -0.490 e. The number of nitrogens with zero attached hydrogens (tertiary/aromatic N) is 3. The van der Waals surface area contributed by atoms with E-state index in [0.29, 0.717) is 11.1 Å². The molecule has 1 aromatic heterocycles. The summed E-state index contributed by atoms with van der Waals surface area (Å²) in [6, 6.07) is 6.69. The van der Waals surface area contributed by atoms with Gasteiger partial charge in [-0.25, -0.2) is 0 Å². The van der Waals surface area contributed by atoms with Crippen LogP contribution in [0.15, 0.2) is 24.4 Å². The third kappa shape index (κ3) is 1.94. The van der Waals surface area contributed by atoms with E-state index in [9.17, 15) is 10.1 Å². The van der Waals surface area contributed by atoms with Gasteiger partial charge in [-0.05, 0) is 17.5 Å². The molecule has 0 N–H and O–H groups in total. The maximum absolute atomic E-state index is 10.9. The summed E-state index contributed by atoms with van der Waals surface area (Å²) in [5.74, 6) is 0.196. The van der Waals surface area contributed by atoms with Crippen molar-refractivity contribution in [2.45, 2.75) is 6.42 Å². The minimum absolute atomic E-state index is 0.112. The number of hydrogen-bond acceptors (Lipinski definition) is 5. The highest BCUT2D eigenvalue weighted by Crippen LogP contribution is 2.32. The lowest BCUT2D eigenvalue weighted by atomic mass is 10.1. The number of rotatable bonds is 3. The monoisotopic (exact) mass is 243 g/mol. The van der Waals surface area contributed by atoms with E-state index in [1.165, 1.54) is 13.2 Å². The number of fused-ring (bicyclic) bond motifs is 1. The molecule has 0 fully saturated rings. The van der Waals surface area contributed by atoms with Crippen LogP contribution in [0.25, 0.3) is 10.8 Å². The number of hydrogen-bond donors (Lipinski definition) is 0. The van der Waals surface area contributed by atoms with Gasteiger partial charge in [0.15, 0.2) is 5.75 Å². The van der Waals surface area contributed by atoms with Crippen molar-refractivity contribution in [1.29, 1.82) is 5.26 Å². The van der Waals surface area contributed by atoms with Gasteiger partial charge in [0.25, 0.3) is 0 Å². The molecule has 0 radical (unpaired) electrons. The Morgan fingerprint density at radius 1 is 1.56 bits per heavy atom. The van der Waals surface area contributed by atoms with Crippen LogP contribution in [-0.4, -0.2) is 17.0 Å². The quantitative estimate of drug-likeness (QED) is 0.609. The Morgan fingerprint density at radius 3 is 2.94 bits per heavy atom. The van der Waals surface area contributed by atoms with Gasteiger partial charge in [-0.3, -0.25) is 15.1 Å². The number of aromatic nitrogens is 1. The van der Waals surface area contributed by atoms with Gasteiger partial charge >= 0.3 is 5.69 Å². The van der Waals surface area contributed by atoms with Gasteiger partial charge in [0.1, 0.15) is 0 Å². The van der Waals surface area contributed by atoms with E-state index in [1.54, 1.807) is 18.3 Å². The predicted molar refractivity (Wildman–Crippen MR) is 64.3 cm³/mol. The van der Waals surface area contributed by atoms with Crippen molar-refractivity contribution in [3.8, 4) is 11.8 Å². The van der Waals surface area contributed by atoms with E-state index in [4.69, 9.17) is 10.00 Å². The standard InChI is InChI=1S/C12H9N3O3/c1-18-12-6-8-3-5-14-10(2-4-13)9(8)7-11(12)15(16)17/h3,5-7H,2H2,1H3. The smallest absolute Gasteiger partial charge is 0.311 e. The van der Waals surface area contributed by atoms with Gasteiger partial charge in [0.05, 0.1) is 30.2 Å². The first-order chi connectivity index (χ1) is 8.67. The molecule has 1 aromatic carbocycles. The van der Waals surface area contributed by atoms with Gasteiger partial charge in [-0.15, -0.1) is 0 Å². The summed E-state index contributed by atoms with van der Waals surface area (Å²) >= 11 is 0. The second-order valence-electron chi connectivity index (χ2n) is 3.59. The highest BCUT2D eigenvalue weighted by molar-refractivity contribution is 5.89. The summed E-state index contributed by atoms with van der Waals surface area (Å²) in [7, 11) is 1.38. The Kier molecular flexibility index (Phi) is 3.06. The molecule has 0 atom stereocenters. The largest absolute Gasteiger partial charge is 0.490 e. The molecule has 1 heterocycles. The molecule has 0 aliphatic rings. The molecule has 2 rings (SSSR count). The Balaban J connectivity index is 2.76. The van der Waals surface area contributed by atoms with Gasteiger partial charge in [0, 0.05) is 17.6 Å². The summed E-state index contributed by atoms with van der Waals surface area (Å²) in [5, 5.41) is 21.0. The van der Waals surface area contributed by atoms with Crippen molar-refractivity contribution in [1.82, 2.24) is 4.98 Å². The molecule has 90 valence electrons. The number of nitro benzene ring substituents is 1. The number of nitro groups is 1. The first kappa shape index (κ1) is 11.8. The lowest BCUT2D eigenvalue weighted by Gasteiger charge is -2.06. The van der Waals surface area contributed by atoms with Crippen LogP contribution in [0.3, 0.4) is 0 Å². The highest BCUT2D eigenvalue weighted by Gasteiger charge is 2.17. The third-order valence-electron chi connectivity index (χ3n) is 2.59. The van der Waals surface area contributed by atoms with Crippen LogP contribution in [0.4, 0.5) is 5.69 Å². The molecule has 0 bridgehead atoms. The summed E-state index contributed by atoms with van der Waals surface area (Å²) in [6.45, 7) is 0. The molecular formula is C12H9N3O3. The van der Waals surface area contributed by atoms with E-state index < -0.39 is 4.92 Å². The van der Waals surface area contributed by atoms with Gasteiger partial charge in [0.2, 0.25) is 0 Å². The maximum Gasteiger partial charge on any atom is 0.311 e. The van der Waals surface area contributed by atoms with Crippen LogP contribution < -0.4 is 4.74 Å². The zero-order chi connectivity index (χ0) is 13.1. The van der Waals surface area contributed by atoms with E-state index in [0.717, 1.165) is 5.39 Å². The van der Waals surface area contributed by atoms with Crippen molar-refractivity contribution in [2.24, 2.45) is 0 Å². The fraction of sp³-hybridized carbons (Fsp3) is 0.167. The van der Waals surface area contributed by atoms with Crippen LogP contribution in [0.2, 0.25) is 0 Å². The Labute approximate surface area is 103 Å². The Hall–Kier alpha value is -2.68. The van der Waals surface area contributed by atoms with Crippen LogP contribution in [-0.2, 0) is 6.42 Å². The first-order valence-electron chi connectivity index (χ1n) is 5.14. The van der Waals surface area contributed by atoms with E-state index in [2.05, 4.69) is 4.98 Å². The third-order valence-corrected chi connectivity index (χ3v) is 2.59. The fourth-order valence-electron chi connectivity index (χ4n) is 1.77. The second-order valence-corrected chi connectivity index (χ2v) is 3.59. The first-order valence-corrected chi connectivity index (χ1v) is 5.14. The average molecular weight is 243 g/mol. The number of pyridine rings is 1. The number of benzene rings is 1. The molecule has 0 saturated heterocycles. The molecule has 6 nitrogen and oxygen atoms in total. The number of methoxy groups -OCH3 is 1. The Bertz CT molecular complexity index is 661. The van der Waals surface area contributed by atoms with E-state index >= 15 is 0 Å². The SMILES string of the molecule is COc1cc2ccnc(CC#N)c2cc1[N+](=O)[O-]. The minimum atomic E-state index is -0.512. The van der Waals surface area contributed by atoms with Crippen LogP contribution in [0.5, 0.6) is 5.75 Å². The van der Waals surface area contributed by atoms with E-state index in [-0.39, 0.29) is 17.9 Å². The summed E-state index contributed by atoms with van der Waals surface area (Å²) in [5.41, 5.74) is 0.401. The molecule has 0 spiro atoms. The van der Waals surface area contributed by atoms with Crippen molar-refractivity contribution < 1.29 is 9.66 Å². The zero-order valence-corrected chi connectivity index (χ0v) is 9.58. The van der Waals surface area contributed by atoms with Gasteiger partial charge in [-0.2, -0.15) is 5.26 Å². The van der Waals surface area contributed by atoms with Crippen molar-refractivity contribution in [2.75, 3.05) is 7.11 Å². The average Bonchev–Trinajstić information content (AvgIpc) is 2.37. The van der Waals surface area contributed by atoms with E-state index in [1.807, 2.05) is 6.07 Å². The normalized spacial score (nSPS) is 10.0. The van der Waals surface area contributed by atoms with Crippen LogP contribution in [0.1, 0.15) is 5.69 Å². The van der Waals surface area contributed by atoms with Crippen molar-refractivity contribution in [3.05, 3.63) is 40.2 Å². The molecule has 2 aromatic rings. The fourth-order valence-corrected chi connectivity index (χ4v) is 1.77. The topological polar surface area (TPSA) is 89.0 Å². The molecule has 0 amide bonds. The van der Waals surface area contributed by atoms with Crippen molar-refractivity contribution in [3.63, 3.8) is 0 Å². The lowest BCUT2D eigenvalue weighted by Crippen LogP contribution is -1.96. The highest BCUT2D eigenvalue weighted by atomic mass is 16.6. The summed E-state index contributed by atoms with van der Waals surface area (Å²) < 4.78 is 4.99.